The fourth-order valence-corrected chi connectivity index (χ4v) is 3.12. The molecule has 0 atom stereocenters. The smallest absolute Gasteiger partial charge is 0.285 e. The SMILES string of the molecule is O=C1CN(c2ccc(Cc3ccc(N4CC(=O)NC4=O)cc3)cc2)C(=O)N1. The van der Waals surface area contributed by atoms with Crippen LogP contribution in [0.2, 0.25) is 0 Å². The van der Waals surface area contributed by atoms with E-state index in [0.29, 0.717) is 17.8 Å². The fraction of sp³-hybridized carbons (Fsp3) is 0.158. The third kappa shape index (κ3) is 3.37. The van der Waals surface area contributed by atoms with Crippen LogP contribution in [-0.2, 0) is 16.0 Å². The molecule has 8 nitrogen and oxygen atoms in total. The maximum absolute atomic E-state index is 11.7. The van der Waals surface area contributed by atoms with Crippen LogP contribution in [0.4, 0.5) is 21.0 Å². The van der Waals surface area contributed by atoms with E-state index in [1.807, 2.05) is 48.5 Å². The second kappa shape index (κ2) is 6.56. The van der Waals surface area contributed by atoms with Crippen LogP contribution in [0.3, 0.4) is 0 Å². The molecule has 27 heavy (non-hydrogen) atoms. The molecule has 0 aromatic heterocycles. The van der Waals surface area contributed by atoms with Gasteiger partial charge in [0.05, 0.1) is 0 Å². The van der Waals surface area contributed by atoms with E-state index in [0.717, 1.165) is 11.1 Å². The number of carbonyl (C=O) groups excluding carboxylic acids is 4. The van der Waals surface area contributed by atoms with Crippen LogP contribution in [0.5, 0.6) is 0 Å². The number of urea groups is 2. The van der Waals surface area contributed by atoms with Gasteiger partial charge in [-0.05, 0) is 41.8 Å². The highest BCUT2D eigenvalue weighted by molar-refractivity contribution is 6.12. The molecule has 0 bridgehead atoms. The maximum atomic E-state index is 11.7. The van der Waals surface area contributed by atoms with E-state index in [-0.39, 0.29) is 24.9 Å². The molecule has 2 aliphatic rings. The van der Waals surface area contributed by atoms with Gasteiger partial charge in [0.2, 0.25) is 11.8 Å². The summed E-state index contributed by atoms with van der Waals surface area (Å²) in [6.07, 6.45) is 0.677. The molecule has 0 spiro atoms. The maximum Gasteiger partial charge on any atom is 0.329 e. The lowest BCUT2D eigenvalue weighted by atomic mass is 10.0. The van der Waals surface area contributed by atoms with Gasteiger partial charge in [0.25, 0.3) is 0 Å². The predicted octanol–water partition coefficient (Wildman–Crippen LogP) is 1.39. The van der Waals surface area contributed by atoms with Crippen LogP contribution in [0.1, 0.15) is 11.1 Å². The van der Waals surface area contributed by atoms with E-state index >= 15 is 0 Å². The van der Waals surface area contributed by atoms with Crippen molar-refractivity contribution in [3.63, 3.8) is 0 Å². The molecular formula is C19H16N4O4. The standard InChI is InChI=1S/C19H16N4O4/c24-16-10-22(18(26)20-16)14-5-1-12(2-6-14)9-13-3-7-15(8-4-13)23-11-17(25)21-19(23)27/h1-8H,9-11H2,(H,20,24,26)(H,21,25,27). The number of nitrogens with one attached hydrogen (secondary N) is 2. The van der Waals surface area contributed by atoms with Crippen LogP contribution in [0, 0.1) is 0 Å². The van der Waals surface area contributed by atoms with Gasteiger partial charge in [0, 0.05) is 11.4 Å². The van der Waals surface area contributed by atoms with E-state index in [9.17, 15) is 19.2 Å². The van der Waals surface area contributed by atoms with Crippen molar-refractivity contribution in [1.82, 2.24) is 10.6 Å². The number of imide groups is 2. The average molecular weight is 364 g/mol. The van der Waals surface area contributed by atoms with Crippen molar-refractivity contribution in [2.45, 2.75) is 6.42 Å². The second-order valence-corrected chi connectivity index (χ2v) is 6.39. The summed E-state index contributed by atoms with van der Waals surface area (Å²) < 4.78 is 0. The number of hydrogen-bond donors (Lipinski definition) is 2. The van der Waals surface area contributed by atoms with Gasteiger partial charge in [-0.15, -0.1) is 0 Å². The molecule has 2 aromatic rings. The Balaban J connectivity index is 1.43. The lowest BCUT2D eigenvalue weighted by Gasteiger charge is -2.14. The molecule has 2 aliphatic heterocycles. The molecule has 0 unspecified atom stereocenters. The van der Waals surface area contributed by atoms with Crippen LogP contribution >= 0.6 is 0 Å². The number of benzene rings is 2. The Hall–Kier alpha value is -3.68. The monoisotopic (exact) mass is 364 g/mol. The number of hydrogen-bond acceptors (Lipinski definition) is 4. The molecule has 2 saturated heterocycles. The second-order valence-electron chi connectivity index (χ2n) is 6.39. The Morgan fingerprint density at radius 2 is 1.00 bits per heavy atom. The van der Waals surface area contributed by atoms with Crippen molar-refractivity contribution >= 4 is 35.3 Å². The topological polar surface area (TPSA) is 98.8 Å². The van der Waals surface area contributed by atoms with Crippen molar-refractivity contribution < 1.29 is 19.2 Å². The Kier molecular flexibility index (Phi) is 4.08. The van der Waals surface area contributed by atoms with Gasteiger partial charge in [0.1, 0.15) is 13.1 Å². The van der Waals surface area contributed by atoms with E-state index in [2.05, 4.69) is 10.6 Å². The van der Waals surface area contributed by atoms with Gasteiger partial charge < -0.3 is 0 Å². The third-order valence-electron chi connectivity index (χ3n) is 4.49. The first-order chi connectivity index (χ1) is 13.0. The number of anilines is 2. The molecule has 4 rings (SSSR count). The summed E-state index contributed by atoms with van der Waals surface area (Å²) in [4.78, 5) is 48.7. The minimum absolute atomic E-state index is 0.0340. The molecule has 0 saturated carbocycles. The van der Waals surface area contributed by atoms with Gasteiger partial charge >= 0.3 is 12.1 Å². The molecule has 8 heteroatoms. The summed E-state index contributed by atoms with van der Waals surface area (Å²) >= 11 is 0. The van der Waals surface area contributed by atoms with Gasteiger partial charge in [-0.1, -0.05) is 24.3 Å². The summed E-state index contributed by atoms with van der Waals surface area (Å²) in [6.45, 7) is 0.0679. The quantitative estimate of drug-likeness (QED) is 0.801. The molecule has 2 fully saturated rings. The summed E-state index contributed by atoms with van der Waals surface area (Å²) in [5, 5.41) is 4.50. The van der Waals surface area contributed by atoms with Crippen molar-refractivity contribution in [2.75, 3.05) is 22.9 Å². The van der Waals surface area contributed by atoms with E-state index in [1.54, 1.807) is 0 Å². The van der Waals surface area contributed by atoms with E-state index in [4.69, 9.17) is 0 Å². The first kappa shape index (κ1) is 16.8. The summed E-state index contributed by atoms with van der Waals surface area (Å²) in [5.41, 5.74) is 3.43. The molecule has 136 valence electrons. The largest absolute Gasteiger partial charge is 0.329 e. The minimum atomic E-state index is -0.409. The zero-order valence-corrected chi connectivity index (χ0v) is 14.3. The number of amides is 6. The number of carbonyl (C=O) groups is 4. The van der Waals surface area contributed by atoms with Crippen LogP contribution < -0.4 is 20.4 Å². The van der Waals surface area contributed by atoms with Gasteiger partial charge in [-0.3, -0.25) is 30.0 Å². The van der Waals surface area contributed by atoms with Gasteiger partial charge in [-0.25, -0.2) is 9.59 Å². The Bertz CT molecular complexity index is 860. The summed E-state index contributed by atoms with van der Waals surface area (Å²) in [6, 6.07) is 14.0. The van der Waals surface area contributed by atoms with Crippen molar-refractivity contribution in [3.8, 4) is 0 Å². The van der Waals surface area contributed by atoms with Gasteiger partial charge in [0.15, 0.2) is 0 Å². The van der Waals surface area contributed by atoms with Crippen molar-refractivity contribution in [3.05, 3.63) is 59.7 Å². The molecule has 2 aromatic carbocycles. The lowest BCUT2D eigenvalue weighted by molar-refractivity contribution is -0.118. The number of nitrogens with zero attached hydrogens (tertiary/aromatic N) is 2. The molecule has 2 heterocycles. The molecular weight excluding hydrogens is 348 g/mol. The predicted molar refractivity (Wildman–Crippen MR) is 97.5 cm³/mol. The Morgan fingerprint density at radius 3 is 1.30 bits per heavy atom. The zero-order chi connectivity index (χ0) is 19.0. The van der Waals surface area contributed by atoms with Crippen molar-refractivity contribution in [1.29, 1.82) is 0 Å². The average Bonchev–Trinajstić information content (AvgIpc) is 3.16. The van der Waals surface area contributed by atoms with Crippen LogP contribution in [0.15, 0.2) is 48.5 Å². The van der Waals surface area contributed by atoms with Crippen LogP contribution in [-0.4, -0.2) is 37.0 Å². The summed E-state index contributed by atoms with van der Waals surface area (Å²) in [7, 11) is 0. The van der Waals surface area contributed by atoms with Crippen molar-refractivity contribution in [2.24, 2.45) is 0 Å². The van der Waals surface area contributed by atoms with E-state index < -0.39 is 12.1 Å². The molecule has 6 amide bonds. The third-order valence-corrected chi connectivity index (χ3v) is 4.49. The highest BCUT2D eigenvalue weighted by atomic mass is 16.2. The Morgan fingerprint density at radius 1 is 0.630 bits per heavy atom. The van der Waals surface area contributed by atoms with E-state index in [1.165, 1.54) is 9.80 Å². The normalized spacial score (nSPS) is 16.7. The number of rotatable bonds is 4. The molecule has 0 radical (unpaired) electrons. The zero-order valence-electron chi connectivity index (χ0n) is 14.3. The highest BCUT2D eigenvalue weighted by Crippen LogP contribution is 2.21. The van der Waals surface area contributed by atoms with Gasteiger partial charge in [-0.2, -0.15) is 0 Å². The molecule has 2 N–H and O–H groups in total. The Labute approximate surface area is 154 Å². The first-order valence-corrected chi connectivity index (χ1v) is 8.40. The lowest BCUT2D eigenvalue weighted by Crippen LogP contribution is -2.27. The summed E-state index contributed by atoms with van der Waals surface area (Å²) in [5.74, 6) is -0.616. The fourth-order valence-electron chi connectivity index (χ4n) is 3.12. The molecule has 0 aliphatic carbocycles. The minimum Gasteiger partial charge on any atom is -0.285 e. The first-order valence-electron chi connectivity index (χ1n) is 8.40. The van der Waals surface area contributed by atoms with Crippen LogP contribution in [0.25, 0.3) is 0 Å². The highest BCUT2D eigenvalue weighted by Gasteiger charge is 2.28.